The van der Waals surface area contributed by atoms with E-state index in [4.69, 9.17) is 4.42 Å². The molecule has 0 saturated heterocycles. The number of aromatic nitrogens is 2. The highest BCUT2D eigenvalue weighted by Gasteiger charge is 2.08. The van der Waals surface area contributed by atoms with Crippen molar-refractivity contribution in [2.75, 3.05) is 0 Å². The van der Waals surface area contributed by atoms with E-state index in [1.54, 1.807) is 22.7 Å². The number of halogens is 1. The van der Waals surface area contributed by atoms with Gasteiger partial charge >= 0.3 is 0 Å². The fraction of sp³-hybridized carbons (Fsp3) is 0. The Bertz CT molecular complexity index is 699. The Balaban J connectivity index is 2.16. The van der Waals surface area contributed by atoms with Crippen LogP contribution in [0.1, 0.15) is 10.4 Å². The van der Waals surface area contributed by atoms with Crippen LogP contribution in [-0.2, 0) is 0 Å². The van der Waals surface area contributed by atoms with E-state index in [-0.39, 0.29) is 0 Å². The van der Waals surface area contributed by atoms with Gasteiger partial charge in [-0.25, -0.2) is 4.98 Å². The molecule has 0 aliphatic heterocycles. The third-order valence-electron chi connectivity index (χ3n) is 2.44. The smallest absolute Gasteiger partial charge is 0.169 e. The fourth-order valence-electron chi connectivity index (χ4n) is 1.65. The molecule has 3 aromatic heterocycles. The van der Waals surface area contributed by atoms with E-state index in [0.29, 0.717) is 16.0 Å². The number of nitrogens with zero attached hydrogens (tertiary/aromatic N) is 2. The lowest BCUT2D eigenvalue weighted by molar-refractivity contribution is 0.112. The van der Waals surface area contributed by atoms with Crippen LogP contribution in [0.25, 0.3) is 17.1 Å². The summed E-state index contributed by atoms with van der Waals surface area (Å²) >= 11 is 3.25. The van der Waals surface area contributed by atoms with Gasteiger partial charge in [0.15, 0.2) is 16.7 Å². The van der Waals surface area contributed by atoms with Gasteiger partial charge in [-0.05, 0) is 40.2 Å². The summed E-state index contributed by atoms with van der Waals surface area (Å²) < 4.78 is 7.89. The first kappa shape index (κ1) is 10.3. The van der Waals surface area contributed by atoms with Crippen LogP contribution in [0.15, 0.2) is 45.7 Å². The van der Waals surface area contributed by atoms with Gasteiger partial charge in [0.2, 0.25) is 0 Å². The van der Waals surface area contributed by atoms with Gasteiger partial charge in [-0.15, -0.1) is 0 Å². The average Bonchev–Trinajstić information content (AvgIpc) is 2.93. The molecule has 0 atom stereocenters. The summed E-state index contributed by atoms with van der Waals surface area (Å²) in [7, 11) is 0. The minimum absolute atomic E-state index is 0.613. The molecule has 0 amide bonds. The number of imidazole rings is 1. The molecule has 0 fully saturated rings. The Morgan fingerprint density at radius 2 is 2.12 bits per heavy atom. The quantitative estimate of drug-likeness (QED) is 0.681. The van der Waals surface area contributed by atoms with Gasteiger partial charge in [0.1, 0.15) is 11.3 Å². The summed E-state index contributed by atoms with van der Waals surface area (Å²) in [4.78, 5) is 15.1. The van der Waals surface area contributed by atoms with Gasteiger partial charge < -0.3 is 8.82 Å². The van der Waals surface area contributed by atoms with Gasteiger partial charge in [0.05, 0.1) is 0 Å². The van der Waals surface area contributed by atoms with Crippen molar-refractivity contribution in [2.45, 2.75) is 0 Å². The molecule has 0 bridgehead atoms. The van der Waals surface area contributed by atoms with Crippen molar-refractivity contribution in [2.24, 2.45) is 0 Å². The molecule has 0 aliphatic carbocycles. The first-order valence-corrected chi connectivity index (χ1v) is 5.75. The molecule has 0 radical (unpaired) electrons. The Morgan fingerprint density at radius 3 is 2.82 bits per heavy atom. The zero-order valence-electron chi connectivity index (χ0n) is 8.63. The van der Waals surface area contributed by atoms with E-state index in [2.05, 4.69) is 20.9 Å². The van der Waals surface area contributed by atoms with Gasteiger partial charge in [0, 0.05) is 18.0 Å². The highest BCUT2D eigenvalue weighted by molar-refractivity contribution is 9.10. The summed E-state index contributed by atoms with van der Waals surface area (Å²) in [6, 6.07) is 7.19. The largest absolute Gasteiger partial charge is 0.448 e. The van der Waals surface area contributed by atoms with Crippen LogP contribution in [0.5, 0.6) is 0 Å². The fourth-order valence-corrected chi connectivity index (χ4v) is 1.96. The number of furan rings is 1. The summed E-state index contributed by atoms with van der Waals surface area (Å²) in [6.45, 7) is 0. The van der Waals surface area contributed by atoms with E-state index in [0.717, 1.165) is 17.6 Å². The van der Waals surface area contributed by atoms with Crippen molar-refractivity contribution in [1.29, 1.82) is 0 Å². The second-order valence-corrected chi connectivity index (χ2v) is 4.36. The van der Waals surface area contributed by atoms with Gasteiger partial charge in [0.25, 0.3) is 0 Å². The third kappa shape index (κ3) is 1.78. The minimum Gasteiger partial charge on any atom is -0.448 e. The van der Waals surface area contributed by atoms with Crippen molar-refractivity contribution in [3.8, 4) is 11.5 Å². The zero-order valence-corrected chi connectivity index (χ0v) is 10.2. The molecule has 0 spiro atoms. The standard InChI is InChI=1S/C12H7BrN2O2/c13-11-3-2-10(17-11)9-6-15-5-8(7-16)1-4-12(15)14-9/h1-7H. The molecular formula is C12H7BrN2O2. The van der Waals surface area contributed by atoms with Crippen LogP contribution in [0.4, 0.5) is 0 Å². The van der Waals surface area contributed by atoms with Crippen LogP contribution < -0.4 is 0 Å². The van der Waals surface area contributed by atoms with E-state index < -0.39 is 0 Å². The molecule has 0 aliphatic rings. The molecule has 17 heavy (non-hydrogen) atoms. The number of aldehydes is 1. The van der Waals surface area contributed by atoms with Gasteiger partial charge in [-0.1, -0.05) is 0 Å². The second-order valence-electron chi connectivity index (χ2n) is 3.58. The Hall–Kier alpha value is -1.88. The Morgan fingerprint density at radius 1 is 1.24 bits per heavy atom. The van der Waals surface area contributed by atoms with Crippen molar-refractivity contribution in [3.05, 3.63) is 46.9 Å². The van der Waals surface area contributed by atoms with Crippen molar-refractivity contribution >= 4 is 27.9 Å². The van der Waals surface area contributed by atoms with Crippen molar-refractivity contribution < 1.29 is 9.21 Å². The molecule has 3 aromatic rings. The van der Waals surface area contributed by atoms with Crippen LogP contribution in [-0.4, -0.2) is 15.7 Å². The van der Waals surface area contributed by atoms with E-state index in [1.807, 2.05) is 18.3 Å². The van der Waals surface area contributed by atoms with E-state index >= 15 is 0 Å². The normalized spacial score (nSPS) is 10.9. The predicted molar refractivity (Wildman–Crippen MR) is 66.0 cm³/mol. The van der Waals surface area contributed by atoms with Crippen LogP contribution in [0.2, 0.25) is 0 Å². The molecule has 0 N–H and O–H groups in total. The second kappa shape index (κ2) is 3.85. The number of carbonyl (C=O) groups is 1. The maximum Gasteiger partial charge on any atom is 0.169 e. The number of hydrogen-bond acceptors (Lipinski definition) is 3. The SMILES string of the molecule is O=Cc1ccc2nc(-c3ccc(Br)o3)cn2c1. The van der Waals surface area contributed by atoms with Crippen LogP contribution in [0, 0.1) is 0 Å². The number of carbonyl (C=O) groups excluding carboxylic acids is 1. The van der Waals surface area contributed by atoms with Crippen LogP contribution >= 0.6 is 15.9 Å². The average molecular weight is 291 g/mol. The number of hydrogen-bond donors (Lipinski definition) is 0. The Labute approximate surface area is 105 Å². The summed E-state index contributed by atoms with van der Waals surface area (Å²) in [5, 5.41) is 0. The number of fused-ring (bicyclic) bond motifs is 1. The molecule has 84 valence electrons. The lowest BCUT2D eigenvalue weighted by Gasteiger charge is -1.92. The molecule has 3 rings (SSSR count). The van der Waals surface area contributed by atoms with Crippen molar-refractivity contribution in [1.82, 2.24) is 9.38 Å². The lowest BCUT2D eigenvalue weighted by atomic mass is 10.3. The molecule has 0 aromatic carbocycles. The zero-order chi connectivity index (χ0) is 11.8. The molecule has 5 heteroatoms. The predicted octanol–water partition coefficient (Wildman–Crippen LogP) is 3.17. The molecule has 3 heterocycles. The number of pyridine rings is 1. The first-order valence-electron chi connectivity index (χ1n) is 4.96. The van der Waals surface area contributed by atoms with Gasteiger partial charge in [-0.3, -0.25) is 4.79 Å². The molecule has 4 nitrogen and oxygen atoms in total. The highest BCUT2D eigenvalue weighted by Crippen LogP contribution is 2.24. The minimum atomic E-state index is 0.613. The Kier molecular flexibility index (Phi) is 2.33. The van der Waals surface area contributed by atoms with E-state index in [9.17, 15) is 4.79 Å². The van der Waals surface area contributed by atoms with Gasteiger partial charge in [-0.2, -0.15) is 0 Å². The number of rotatable bonds is 2. The molecular weight excluding hydrogens is 284 g/mol. The highest BCUT2D eigenvalue weighted by atomic mass is 79.9. The van der Waals surface area contributed by atoms with Crippen LogP contribution in [0.3, 0.4) is 0 Å². The summed E-state index contributed by atoms with van der Waals surface area (Å²) in [5.74, 6) is 0.688. The first-order chi connectivity index (χ1) is 8.26. The third-order valence-corrected chi connectivity index (χ3v) is 2.86. The lowest BCUT2D eigenvalue weighted by Crippen LogP contribution is -1.86. The van der Waals surface area contributed by atoms with Crippen molar-refractivity contribution in [3.63, 3.8) is 0 Å². The summed E-state index contributed by atoms with van der Waals surface area (Å²) in [5.41, 5.74) is 2.12. The van der Waals surface area contributed by atoms with E-state index in [1.165, 1.54) is 0 Å². The topological polar surface area (TPSA) is 47.5 Å². The summed E-state index contributed by atoms with van der Waals surface area (Å²) in [6.07, 6.45) is 4.37. The maximum atomic E-state index is 10.7. The maximum absolute atomic E-state index is 10.7. The molecule has 0 saturated carbocycles. The molecule has 0 unspecified atom stereocenters. The monoisotopic (exact) mass is 290 g/mol.